The molecule has 1 heterocycles. The van der Waals surface area contributed by atoms with Gasteiger partial charge in [-0.3, -0.25) is 25.2 Å². The van der Waals surface area contributed by atoms with Crippen LogP contribution in [0, 0.1) is 19.8 Å². The molecule has 2 aromatic rings. The largest absolute Gasteiger partial charge is 0.312 e. The van der Waals surface area contributed by atoms with Crippen LogP contribution in [0.25, 0.3) is 0 Å². The highest BCUT2D eigenvalue weighted by Crippen LogP contribution is 2.27. The van der Waals surface area contributed by atoms with Crippen LogP contribution in [0.4, 0.5) is 5.69 Å². The lowest BCUT2D eigenvalue weighted by Crippen LogP contribution is -2.46. The van der Waals surface area contributed by atoms with Crippen molar-refractivity contribution in [1.29, 1.82) is 0 Å². The highest BCUT2D eigenvalue weighted by Gasteiger charge is 2.37. The topological polar surface area (TPSA) is 113 Å². The van der Waals surface area contributed by atoms with Gasteiger partial charge in [0.25, 0.3) is 11.8 Å². The summed E-state index contributed by atoms with van der Waals surface area (Å²) in [7, 11) is -3.37. The van der Waals surface area contributed by atoms with Gasteiger partial charge in [0.2, 0.25) is 5.91 Å². The molecule has 1 aliphatic heterocycles. The first-order chi connectivity index (χ1) is 14.1. The van der Waals surface area contributed by atoms with E-state index >= 15 is 0 Å². The molecule has 9 heteroatoms. The van der Waals surface area contributed by atoms with Gasteiger partial charge in [-0.1, -0.05) is 6.07 Å². The predicted molar refractivity (Wildman–Crippen MR) is 112 cm³/mol. The summed E-state index contributed by atoms with van der Waals surface area (Å²) in [5, 5.41) is 0. The van der Waals surface area contributed by atoms with Gasteiger partial charge >= 0.3 is 0 Å². The zero-order valence-electron chi connectivity index (χ0n) is 16.9. The lowest BCUT2D eigenvalue weighted by molar-refractivity contribution is -0.132. The van der Waals surface area contributed by atoms with Crippen molar-refractivity contribution >= 4 is 33.2 Å². The van der Waals surface area contributed by atoms with Crippen molar-refractivity contribution in [3.63, 3.8) is 0 Å². The van der Waals surface area contributed by atoms with Crippen molar-refractivity contribution in [3.05, 3.63) is 59.2 Å². The van der Waals surface area contributed by atoms with Gasteiger partial charge in [-0.05, 0) is 67.8 Å². The van der Waals surface area contributed by atoms with E-state index in [0.29, 0.717) is 13.0 Å². The maximum absolute atomic E-state index is 12.7. The standard InChI is InChI=1S/C21H23N3O5S/c1-13-4-7-16(12-14(13)2)24-11-10-18(21(24)27)20(26)23-22-19(25)15-5-8-17(9-6-15)30(3,28)29/h4-9,12,18H,10-11H2,1-3H3,(H,22,25)(H,23,26). The molecular weight excluding hydrogens is 406 g/mol. The monoisotopic (exact) mass is 429 g/mol. The molecule has 0 saturated carbocycles. The number of hydrogen-bond acceptors (Lipinski definition) is 5. The lowest BCUT2D eigenvalue weighted by Gasteiger charge is -2.18. The summed E-state index contributed by atoms with van der Waals surface area (Å²) in [6, 6.07) is 11.0. The molecule has 1 saturated heterocycles. The summed E-state index contributed by atoms with van der Waals surface area (Å²) in [6.07, 6.45) is 1.42. The molecule has 8 nitrogen and oxygen atoms in total. The Morgan fingerprint density at radius 1 is 1.00 bits per heavy atom. The molecule has 0 bridgehead atoms. The molecule has 3 rings (SSSR count). The number of nitrogens with zero attached hydrogens (tertiary/aromatic N) is 1. The number of hydrogen-bond donors (Lipinski definition) is 2. The molecule has 2 N–H and O–H groups in total. The average Bonchev–Trinajstić information content (AvgIpc) is 3.09. The molecule has 30 heavy (non-hydrogen) atoms. The van der Waals surface area contributed by atoms with Gasteiger partial charge in [-0.15, -0.1) is 0 Å². The smallest absolute Gasteiger partial charge is 0.269 e. The number of hydrazine groups is 1. The van der Waals surface area contributed by atoms with Crippen LogP contribution < -0.4 is 15.8 Å². The van der Waals surface area contributed by atoms with E-state index in [0.717, 1.165) is 23.1 Å². The van der Waals surface area contributed by atoms with Gasteiger partial charge in [0.1, 0.15) is 5.92 Å². The van der Waals surface area contributed by atoms with Crippen molar-refractivity contribution in [2.45, 2.75) is 25.2 Å². The highest BCUT2D eigenvalue weighted by molar-refractivity contribution is 7.90. The van der Waals surface area contributed by atoms with Gasteiger partial charge in [0.05, 0.1) is 4.90 Å². The predicted octanol–water partition coefficient (Wildman–Crippen LogP) is 1.52. The van der Waals surface area contributed by atoms with Crippen LogP contribution in [0.2, 0.25) is 0 Å². The normalized spacial score (nSPS) is 16.4. The van der Waals surface area contributed by atoms with Gasteiger partial charge in [0.15, 0.2) is 9.84 Å². The Hall–Kier alpha value is -3.20. The second-order valence-corrected chi connectivity index (χ2v) is 9.36. The number of amides is 3. The molecule has 1 atom stereocenters. The first kappa shape index (κ1) is 21.5. The fourth-order valence-corrected chi connectivity index (χ4v) is 3.83. The average molecular weight is 429 g/mol. The first-order valence-electron chi connectivity index (χ1n) is 9.37. The number of aryl methyl sites for hydroxylation is 2. The maximum atomic E-state index is 12.7. The minimum Gasteiger partial charge on any atom is -0.312 e. The Morgan fingerprint density at radius 3 is 2.27 bits per heavy atom. The van der Waals surface area contributed by atoms with Crippen molar-refractivity contribution < 1.29 is 22.8 Å². The summed E-state index contributed by atoms with van der Waals surface area (Å²) in [6.45, 7) is 4.36. The number of carbonyl (C=O) groups excluding carboxylic acids is 3. The third-order valence-electron chi connectivity index (χ3n) is 5.17. The number of sulfone groups is 1. The van der Waals surface area contributed by atoms with Crippen LogP contribution in [-0.4, -0.2) is 38.9 Å². The molecule has 0 radical (unpaired) electrons. The zero-order valence-corrected chi connectivity index (χ0v) is 17.7. The molecule has 158 valence electrons. The number of benzene rings is 2. The van der Waals surface area contributed by atoms with Gasteiger partial charge in [0, 0.05) is 24.1 Å². The summed E-state index contributed by atoms with van der Waals surface area (Å²) in [5.74, 6) is -2.41. The van der Waals surface area contributed by atoms with Gasteiger partial charge < -0.3 is 4.90 Å². The van der Waals surface area contributed by atoms with Crippen LogP contribution in [-0.2, 0) is 19.4 Å². The number of carbonyl (C=O) groups is 3. The number of nitrogens with one attached hydrogen (secondary N) is 2. The van der Waals surface area contributed by atoms with Crippen molar-refractivity contribution in [3.8, 4) is 0 Å². The fourth-order valence-electron chi connectivity index (χ4n) is 3.20. The van der Waals surface area contributed by atoms with Crippen molar-refractivity contribution in [2.75, 3.05) is 17.7 Å². The Morgan fingerprint density at radius 2 is 1.67 bits per heavy atom. The van der Waals surface area contributed by atoms with E-state index in [1.807, 2.05) is 32.0 Å². The van der Waals surface area contributed by atoms with E-state index < -0.39 is 27.6 Å². The minimum atomic E-state index is -3.37. The second kappa shape index (κ2) is 8.27. The Bertz CT molecular complexity index is 1110. The summed E-state index contributed by atoms with van der Waals surface area (Å²) in [4.78, 5) is 39.0. The van der Waals surface area contributed by atoms with E-state index in [1.165, 1.54) is 24.3 Å². The third-order valence-corrected chi connectivity index (χ3v) is 6.30. The van der Waals surface area contributed by atoms with E-state index in [9.17, 15) is 22.8 Å². The first-order valence-corrected chi connectivity index (χ1v) is 11.3. The zero-order chi connectivity index (χ0) is 22.1. The van der Waals surface area contributed by atoms with Crippen LogP contribution in [0.3, 0.4) is 0 Å². The second-order valence-electron chi connectivity index (χ2n) is 7.34. The molecule has 1 unspecified atom stereocenters. The van der Waals surface area contributed by atoms with E-state index in [1.54, 1.807) is 4.90 Å². The SMILES string of the molecule is Cc1ccc(N2CCC(C(=O)NNC(=O)c3ccc(S(C)(=O)=O)cc3)C2=O)cc1C. The summed E-state index contributed by atoms with van der Waals surface area (Å²) in [5.41, 5.74) is 7.65. The number of anilines is 1. The van der Waals surface area contributed by atoms with Crippen molar-refractivity contribution in [1.82, 2.24) is 10.9 Å². The van der Waals surface area contributed by atoms with E-state index in [-0.39, 0.29) is 16.4 Å². The van der Waals surface area contributed by atoms with Crippen LogP contribution in [0.1, 0.15) is 27.9 Å². The van der Waals surface area contributed by atoms with Gasteiger partial charge in [-0.2, -0.15) is 0 Å². The third kappa shape index (κ3) is 4.51. The quantitative estimate of drug-likeness (QED) is 0.565. The highest BCUT2D eigenvalue weighted by atomic mass is 32.2. The Labute approximate surface area is 175 Å². The minimum absolute atomic E-state index is 0.0890. The molecule has 1 aliphatic rings. The van der Waals surface area contributed by atoms with Crippen molar-refractivity contribution in [2.24, 2.45) is 5.92 Å². The fraction of sp³-hybridized carbons (Fsp3) is 0.286. The lowest BCUT2D eigenvalue weighted by atomic mass is 10.1. The maximum Gasteiger partial charge on any atom is 0.269 e. The Balaban J connectivity index is 1.60. The molecule has 1 fully saturated rings. The molecule has 2 aromatic carbocycles. The summed E-state index contributed by atoms with van der Waals surface area (Å²) < 4.78 is 23.0. The van der Waals surface area contributed by atoms with Crippen LogP contribution in [0.5, 0.6) is 0 Å². The van der Waals surface area contributed by atoms with E-state index in [2.05, 4.69) is 10.9 Å². The van der Waals surface area contributed by atoms with Gasteiger partial charge in [-0.25, -0.2) is 8.42 Å². The molecule has 0 aliphatic carbocycles. The summed E-state index contributed by atoms with van der Waals surface area (Å²) >= 11 is 0. The molecule has 0 aromatic heterocycles. The van der Waals surface area contributed by atoms with Crippen LogP contribution in [0.15, 0.2) is 47.4 Å². The van der Waals surface area contributed by atoms with Crippen LogP contribution >= 0.6 is 0 Å². The molecular formula is C21H23N3O5S. The molecule has 0 spiro atoms. The molecule has 3 amide bonds. The Kier molecular flexibility index (Phi) is 5.93. The number of rotatable bonds is 4. The van der Waals surface area contributed by atoms with E-state index in [4.69, 9.17) is 0 Å².